The topological polar surface area (TPSA) is 67.4 Å². The van der Waals surface area contributed by atoms with Gasteiger partial charge in [-0.05, 0) is 36.8 Å². The number of alkyl halides is 3. The van der Waals surface area contributed by atoms with Crippen LogP contribution in [0.15, 0.2) is 60.0 Å². The van der Waals surface area contributed by atoms with E-state index in [9.17, 15) is 9.59 Å². The summed E-state index contributed by atoms with van der Waals surface area (Å²) in [7, 11) is 0. The number of anilines is 1. The van der Waals surface area contributed by atoms with Crippen LogP contribution in [0.2, 0.25) is 5.02 Å². The van der Waals surface area contributed by atoms with Gasteiger partial charge in [-0.15, -0.1) is 11.3 Å². The average Bonchev–Trinajstić information content (AvgIpc) is 3.17. The van der Waals surface area contributed by atoms with Crippen molar-refractivity contribution < 1.29 is 14.3 Å². The molecule has 0 aliphatic heterocycles. The van der Waals surface area contributed by atoms with Gasteiger partial charge in [-0.3, -0.25) is 4.79 Å². The minimum Gasteiger partial charge on any atom is -0.462 e. The lowest BCUT2D eigenvalue weighted by Gasteiger charge is -2.27. The van der Waals surface area contributed by atoms with Crippen molar-refractivity contribution in [2.75, 3.05) is 11.9 Å². The Morgan fingerprint density at radius 2 is 1.72 bits per heavy atom. The normalized spacial score (nSPS) is 12.2. The van der Waals surface area contributed by atoms with Crippen LogP contribution in [0.3, 0.4) is 0 Å². The lowest BCUT2D eigenvalue weighted by atomic mass is 10.0. The number of benzene rings is 2. The Kier molecular flexibility index (Phi) is 8.31. The fourth-order valence-electron chi connectivity index (χ4n) is 2.85. The molecule has 0 aliphatic carbocycles. The summed E-state index contributed by atoms with van der Waals surface area (Å²) in [6.45, 7) is 1.92. The molecule has 2 aromatic carbocycles. The van der Waals surface area contributed by atoms with Crippen LogP contribution in [0.1, 0.15) is 27.6 Å². The third kappa shape index (κ3) is 6.09. The van der Waals surface area contributed by atoms with Gasteiger partial charge in [0.1, 0.15) is 16.7 Å². The first-order valence-corrected chi connectivity index (χ1v) is 11.8. The Balaban J connectivity index is 1.94. The van der Waals surface area contributed by atoms with E-state index < -0.39 is 21.8 Å². The number of carbonyl (C=O) groups is 2. The Hall–Kier alpha value is -1.96. The minimum atomic E-state index is -1.93. The van der Waals surface area contributed by atoms with Gasteiger partial charge in [0.2, 0.25) is 3.79 Å². The molecule has 3 aromatic rings. The fraction of sp³-hybridized carbons (Fsp3) is 0.182. The van der Waals surface area contributed by atoms with Gasteiger partial charge in [0.25, 0.3) is 5.91 Å². The molecular formula is C22H18Cl4N2O3S. The largest absolute Gasteiger partial charge is 0.462 e. The number of hydrogen-bond acceptors (Lipinski definition) is 5. The zero-order valence-electron chi connectivity index (χ0n) is 16.7. The molecule has 1 aromatic heterocycles. The summed E-state index contributed by atoms with van der Waals surface area (Å²) in [5.74, 6) is -1.01. The van der Waals surface area contributed by atoms with Crippen LogP contribution in [0, 0.1) is 0 Å². The number of rotatable bonds is 7. The van der Waals surface area contributed by atoms with Gasteiger partial charge in [0.15, 0.2) is 0 Å². The van der Waals surface area contributed by atoms with Gasteiger partial charge in [0, 0.05) is 21.5 Å². The third-order valence-corrected chi connectivity index (χ3v) is 6.16. The van der Waals surface area contributed by atoms with E-state index in [1.807, 2.05) is 30.3 Å². The van der Waals surface area contributed by atoms with E-state index in [0.29, 0.717) is 26.7 Å². The Labute approximate surface area is 209 Å². The molecule has 5 nitrogen and oxygen atoms in total. The predicted molar refractivity (Wildman–Crippen MR) is 132 cm³/mol. The molecule has 0 spiro atoms. The van der Waals surface area contributed by atoms with Gasteiger partial charge in [-0.25, -0.2) is 4.79 Å². The summed E-state index contributed by atoms with van der Waals surface area (Å²) in [5.41, 5.74) is 2.12. The van der Waals surface area contributed by atoms with Gasteiger partial charge >= 0.3 is 5.97 Å². The van der Waals surface area contributed by atoms with E-state index in [1.165, 1.54) is 11.3 Å². The molecule has 0 radical (unpaired) electrons. The van der Waals surface area contributed by atoms with Crippen molar-refractivity contribution in [3.05, 3.63) is 76.1 Å². The summed E-state index contributed by atoms with van der Waals surface area (Å²) in [4.78, 5) is 25.5. The molecule has 0 saturated carbocycles. The van der Waals surface area contributed by atoms with E-state index in [0.717, 1.165) is 5.56 Å². The standard InChI is InChI=1S/C22H18Cl4N2O3S/c1-2-31-20(30)17-16(13-6-4-3-5-7-13)12-32-19(17)28-21(22(24,25)26)27-18(29)14-8-10-15(23)11-9-14/h3-12,21,28H,2H2,1H3,(H,27,29)/t21-/m0/s1. The van der Waals surface area contributed by atoms with Gasteiger partial charge in [-0.1, -0.05) is 76.7 Å². The van der Waals surface area contributed by atoms with E-state index in [1.54, 1.807) is 36.6 Å². The first-order chi connectivity index (χ1) is 15.2. The maximum absolute atomic E-state index is 12.8. The zero-order chi connectivity index (χ0) is 23.3. The highest BCUT2D eigenvalue weighted by molar-refractivity contribution is 7.15. The highest BCUT2D eigenvalue weighted by Crippen LogP contribution is 2.39. The SMILES string of the molecule is CCOC(=O)c1c(-c2ccccc2)csc1N[C@H](NC(=O)c1ccc(Cl)cc1)C(Cl)(Cl)Cl. The average molecular weight is 532 g/mol. The summed E-state index contributed by atoms with van der Waals surface area (Å²) in [6.07, 6.45) is -1.15. The number of carbonyl (C=O) groups excluding carboxylic acids is 2. The molecule has 0 bridgehead atoms. The Bertz CT molecular complexity index is 1080. The number of amides is 1. The number of ether oxygens (including phenoxy) is 1. The monoisotopic (exact) mass is 530 g/mol. The summed E-state index contributed by atoms with van der Waals surface area (Å²) < 4.78 is 3.32. The van der Waals surface area contributed by atoms with Crippen molar-refractivity contribution >= 4 is 74.6 Å². The van der Waals surface area contributed by atoms with Crippen LogP contribution in [0.4, 0.5) is 5.00 Å². The molecule has 10 heteroatoms. The van der Waals surface area contributed by atoms with Crippen molar-refractivity contribution in [2.45, 2.75) is 16.9 Å². The zero-order valence-corrected chi connectivity index (χ0v) is 20.5. The summed E-state index contributed by atoms with van der Waals surface area (Å²) >= 11 is 25.5. The molecule has 3 rings (SSSR count). The van der Waals surface area contributed by atoms with E-state index >= 15 is 0 Å². The van der Waals surface area contributed by atoms with Crippen LogP contribution in [-0.4, -0.2) is 28.4 Å². The molecule has 1 atom stereocenters. The summed E-state index contributed by atoms with van der Waals surface area (Å²) in [6, 6.07) is 15.6. The smallest absolute Gasteiger partial charge is 0.341 e. The lowest BCUT2D eigenvalue weighted by molar-refractivity contribution is 0.0529. The van der Waals surface area contributed by atoms with Crippen molar-refractivity contribution in [3.8, 4) is 11.1 Å². The van der Waals surface area contributed by atoms with Crippen molar-refractivity contribution in [1.29, 1.82) is 0 Å². The number of nitrogens with one attached hydrogen (secondary N) is 2. The number of thiophene rings is 1. The van der Waals surface area contributed by atoms with Crippen molar-refractivity contribution in [1.82, 2.24) is 5.32 Å². The maximum Gasteiger partial charge on any atom is 0.341 e. The molecule has 1 amide bonds. The molecule has 0 saturated heterocycles. The molecule has 1 heterocycles. The number of hydrogen-bond donors (Lipinski definition) is 2. The second kappa shape index (κ2) is 10.8. The first-order valence-electron chi connectivity index (χ1n) is 9.44. The first kappa shape index (κ1) is 24.7. The number of esters is 1. The third-order valence-electron chi connectivity index (χ3n) is 4.34. The molecule has 0 fully saturated rings. The van der Waals surface area contributed by atoms with Gasteiger partial charge in [0.05, 0.1) is 6.61 Å². The molecule has 2 N–H and O–H groups in total. The van der Waals surface area contributed by atoms with Crippen LogP contribution in [0.25, 0.3) is 11.1 Å². The molecule has 0 unspecified atom stereocenters. The van der Waals surface area contributed by atoms with E-state index in [4.69, 9.17) is 51.1 Å². The minimum absolute atomic E-state index is 0.198. The summed E-state index contributed by atoms with van der Waals surface area (Å²) in [5, 5.41) is 8.34. The van der Waals surface area contributed by atoms with Gasteiger partial charge in [-0.2, -0.15) is 0 Å². The molecule has 0 aliphatic rings. The Morgan fingerprint density at radius 3 is 2.31 bits per heavy atom. The maximum atomic E-state index is 12.8. The second-order valence-corrected chi connectivity index (χ2v) is 10.2. The fourth-order valence-corrected chi connectivity index (χ4v) is 4.29. The quantitative estimate of drug-likeness (QED) is 0.200. The highest BCUT2D eigenvalue weighted by atomic mass is 35.6. The van der Waals surface area contributed by atoms with Crippen LogP contribution in [-0.2, 0) is 4.74 Å². The highest BCUT2D eigenvalue weighted by Gasteiger charge is 2.36. The predicted octanol–water partition coefficient (Wildman–Crippen LogP) is 6.78. The number of halogens is 4. The second-order valence-electron chi connectivity index (χ2n) is 6.54. The Morgan fingerprint density at radius 1 is 1.06 bits per heavy atom. The van der Waals surface area contributed by atoms with Crippen LogP contribution >= 0.6 is 57.7 Å². The van der Waals surface area contributed by atoms with Gasteiger partial charge < -0.3 is 15.4 Å². The molecule has 32 heavy (non-hydrogen) atoms. The molecular weight excluding hydrogens is 514 g/mol. The van der Waals surface area contributed by atoms with Crippen LogP contribution in [0.5, 0.6) is 0 Å². The van der Waals surface area contributed by atoms with E-state index in [-0.39, 0.29) is 6.61 Å². The molecule has 168 valence electrons. The van der Waals surface area contributed by atoms with Crippen LogP contribution < -0.4 is 10.6 Å². The van der Waals surface area contributed by atoms with E-state index in [2.05, 4.69) is 10.6 Å². The van der Waals surface area contributed by atoms with Crippen molar-refractivity contribution in [3.63, 3.8) is 0 Å². The lowest BCUT2D eigenvalue weighted by Crippen LogP contribution is -2.49. The van der Waals surface area contributed by atoms with Crippen molar-refractivity contribution in [2.24, 2.45) is 0 Å².